The van der Waals surface area contributed by atoms with Crippen LogP contribution in [0.15, 0.2) is 55.0 Å². The molecule has 0 saturated carbocycles. The Bertz CT molecular complexity index is 595. The Hall–Kier alpha value is -2.82. The number of hydrogen-bond acceptors (Lipinski definition) is 3. The molecule has 2 aromatic rings. The number of nitrogens with one attached hydrogen (secondary N) is 2. The molecule has 1 heterocycles. The van der Waals surface area contributed by atoms with Crippen LogP contribution in [0.25, 0.3) is 6.08 Å². The van der Waals surface area contributed by atoms with Crippen LogP contribution in [0.1, 0.15) is 11.1 Å². The minimum atomic E-state index is -0.253. The zero-order chi connectivity index (χ0) is 14.9. The summed E-state index contributed by atoms with van der Waals surface area (Å²) in [6.07, 6.45) is 6.80. The molecule has 0 spiro atoms. The lowest BCUT2D eigenvalue weighted by Crippen LogP contribution is -2.31. The molecule has 21 heavy (non-hydrogen) atoms. The third-order valence-electron chi connectivity index (χ3n) is 2.81. The molecule has 2 amide bonds. The summed E-state index contributed by atoms with van der Waals surface area (Å²) < 4.78 is 5.08. The molecule has 0 unspecified atom stereocenters. The van der Waals surface area contributed by atoms with E-state index in [9.17, 15) is 4.79 Å². The lowest BCUT2D eigenvalue weighted by atomic mass is 10.2. The van der Waals surface area contributed by atoms with Crippen molar-refractivity contribution < 1.29 is 9.53 Å². The fourth-order valence-electron chi connectivity index (χ4n) is 1.66. The van der Waals surface area contributed by atoms with Crippen molar-refractivity contribution in [3.8, 4) is 5.75 Å². The number of pyridine rings is 1. The minimum Gasteiger partial charge on any atom is -0.497 e. The van der Waals surface area contributed by atoms with Gasteiger partial charge < -0.3 is 15.4 Å². The van der Waals surface area contributed by atoms with Gasteiger partial charge in [0.25, 0.3) is 0 Å². The first-order valence-electron chi connectivity index (χ1n) is 6.52. The lowest BCUT2D eigenvalue weighted by Gasteiger charge is -2.04. The van der Waals surface area contributed by atoms with Gasteiger partial charge in [-0.2, -0.15) is 0 Å². The second-order valence-electron chi connectivity index (χ2n) is 4.29. The van der Waals surface area contributed by atoms with Crippen molar-refractivity contribution in [1.29, 1.82) is 0 Å². The van der Waals surface area contributed by atoms with Gasteiger partial charge in [0.1, 0.15) is 5.75 Å². The van der Waals surface area contributed by atoms with Crippen molar-refractivity contribution in [3.63, 3.8) is 0 Å². The molecule has 5 heteroatoms. The lowest BCUT2D eigenvalue weighted by molar-refractivity contribution is 0.244. The molecule has 1 aromatic heterocycles. The highest BCUT2D eigenvalue weighted by Gasteiger charge is 1.97. The van der Waals surface area contributed by atoms with Crippen LogP contribution >= 0.6 is 0 Å². The number of urea groups is 1. The molecule has 0 bridgehead atoms. The predicted molar refractivity (Wildman–Crippen MR) is 81.6 cm³/mol. The van der Waals surface area contributed by atoms with Gasteiger partial charge in [0.05, 0.1) is 7.11 Å². The first-order chi connectivity index (χ1) is 10.3. The fourth-order valence-corrected chi connectivity index (χ4v) is 1.66. The van der Waals surface area contributed by atoms with Crippen LogP contribution in [0.4, 0.5) is 4.79 Å². The van der Waals surface area contributed by atoms with Crippen molar-refractivity contribution in [3.05, 3.63) is 66.1 Å². The number of benzene rings is 1. The summed E-state index contributed by atoms with van der Waals surface area (Å²) in [6.45, 7) is 0.463. The smallest absolute Gasteiger partial charge is 0.319 e. The fraction of sp³-hybridized carbons (Fsp3) is 0.125. The number of ether oxygens (including phenoxy) is 1. The maximum absolute atomic E-state index is 11.6. The van der Waals surface area contributed by atoms with E-state index in [2.05, 4.69) is 15.6 Å². The van der Waals surface area contributed by atoms with E-state index in [1.54, 1.807) is 25.7 Å². The third kappa shape index (κ3) is 4.99. The van der Waals surface area contributed by atoms with Crippen molar-refractivity contribution in [1.82, 2.24) is 15.6 Å². The second-order valence-corrected chi connectivity index (χ2v) is 4.29. The number of methoxy groups -OCH3 is 1. The number of amides is 2. The molecule has 0 fully saturated rings. The molecule has 0 saturated heterocycles. The minimum absolute atomic E-state index is 0.253. The first-order valence-corrected chi connectivity index (χ1v) is 6.52. The van der Waals surface area contributed by atoms with Crippen molar-refractivity contribution >= 4 is 12.1 Å². The zero-order valence-electron chi connectivity index (χ0n) is 11.7. The molecular weight excluding hydrogens is 266 g/mol. The summed E-state index contributed by atoms with van der Waals surface area (Å²) in [7, 11) is 1.62. The molecule has 108 valence electrons. The van der Waals surface area contributed by atoms with Gasteiger partial charge >= 0.3 is 6.03 Å². The zero-order valence-corrected chi connectivity index (χ0v) is 11.7. The van der Waals surface area contributed by atoms with Gasteiger partial charge in [-0.1, -0.05) is 12.1 Å². The predicted octanol–water partition coefficient (Wildman–Crippen LogP) is 2.56. The van der Waals surface area contributed by atoms with E-state index in [0.717, 1.165) is 16.9 Å². The molecular formula is C16H17N3O2. The Balaban J connectivity index is 1.76. The maximum Gasteiger partial charge on any atom is 0.319 e. The van der Waals surface area contributed by atoms with Crippen LogP contribution in [-0.2, 0) is 6.54 Å². The highest BCUT2D eigenvalue weighted by atomic mass is 16.5. The van der Waals surface area contributed by atoms with E-state index < -0.39 is 0 Å². The van der Waals surface area contributed by atoms with E-state index in [-0.39, 0.29) is 6.03 Å². The van der Waals surface area contributed by atoms with E-state index in [1.165, 1.54) is 0 Å². The Morgan fingerprint density at radius 1 is 1.19 bits per heavy atom. The van der Waals surface area contributed by atoms with Gasteiger partial charge in [-0.05, 0) is 41.5 Å². The highest BCUT2D eigenvalue weighted by molar-refractivity contribution is 5.75. The topological polar surface area (TPSA) is 63.2 Å². The summed E-state index contributed by atoms with van der Waals surface area (Å²) in [5.41, 5.74) is 1.98. The molecule has 0 aliphatic rings. The van der Waals surface area contributed by atoms with Crippen LogP contribution in [0.2, 0.25) is 0 Å². The first kappa shape index (κ1) is 14.6. The van der Waals surface area contributed by atoms with Crippen LogP contribution < -0.4 is 15.4 Å². The van der Waals surface area contributed by atoms with Crippen LogP contribution in [0, 0.1) is 0 Å². The number of aromatic nitrogens is 1. The van der Waals surface area contributed by atoms with E-state index in [0.29, 0.717) is 6.54 Å². The van der Waals surface area contributed by atoms with E-state index in [4.69, 9.17) is 4.74 Å². The summed E-state index contributed by atoms with van der Waals surface area (Å²) in [5, 5.41) is 5.41. The van der Waals surface area contributed by atoms with Gasteiger partial charge in [-0.15, -0.1) is 0 Å². The molecule has 0 aliphatic carbocycles. The van der Waals surface area contributed by atoms with Crippen molar-refractivity contribution in [2.24, 2.45) is 0 Å². The van der Waals surface area contributed by atoms with Crippen LogP contribution in [0.5, 0.6) is 5.75 Å². The van der Waals surface area contributed by atoms with Gasteiger partial charge in [-0.3, -0.25) is 4.98 Å². The molecule has 1 aromatic carbocycles. The van der Waals surface area contributed by atoms with Crippen LogP contribution in [0.3, 0.4) is 0 Å². The SMILES string of the molecule is COc1ccc(/C=C/NC(=O)NCc2ccncc2)cc1. The number of hydrogen-bond donors (Lipinski definition) is 2. The molecule has 0 radical (unpaired) electrons. The molecule has 5 nitrogen and oxygen atoms in total. The van der Waals surface area contributed by atoms with Gasteiger partial charge in [0.15, 0.2) is 0 Å². The van der Waals surface area contributed by atoms with Crippen LogP contribution in [-0.4, -0.2) is 18.1 Å². The number of carbonyl (C=O) groups is 1. The summed E-state index contributed by atoms with van der Waals surface area (Å²) in [5.74, 6) is 0.801. The number of carbonyl (C=O) groups excluding carboxylic acids is 1. The summed E-state index contributed by atoms with van der Waals surface area (Å²) in [6, 6.07) is 11.0. The molecule has 2 rings (SSSR count). The molecule has 2 N–H and O–H groups in total. The Morgan fingerprint density at radius 3 is 2.57 bits per heavy atom. The Labute approximate surface area is 123 Å². The maximum atomic E-state index is 11.6. The summed E-state index contributed by atoms with van der Waals surface area (Å²) in [4.78, 5) is 15.5. The monoisotopic (exact) mass is 283 g/mol. The second kappa shape index (κ2) is 7.69. The average Bonchev–Trinajstić information content (AvgIpc) is 2.54. The largest absolute Gasteiger partial charge is 0.497 e. The highest BCUT2D eigenvalue weighted by Crippen LogP contribution is 2.11. The van der Waals surface area contributed by atoms with Crippen molar-refractivity contribution in [2.75, 3.05) is 7.11 Å². The van der Waals surface area contributed by atoms with Crippen molar-refractivity contribution in [2.45, 2.75) is 6.54 Å². The standard InChI is InChI=1S/C16H17N3O2/c1-21-15-4-2-13(3-5-15)8-11-18-16(20)19-12-14-6-9-17-10-7-14/h2-11H,12H2,1H3,(H2,18,19,20)/b11-8+. The third-order valence-corrected chi connectivity index (χ3v) is 2.81. The summed E-state index contributed by atoms with van der Waals surface area (Å²) >= 11 is 0. The normalized spacial score (nSPS) is 10.3. The molecule has 0 atom stereocenters. The number of nitrogens with zero attached hydrogens (tertiary/aromatic N) is 1. The number of rotatable bonds is 5. The Kier molecular flexibility index (Phi) is 5.34. The van der Waals surface area contributed by atoms with E-state index >= 15 is 0 Å². The van der Waals surface area contributed by atoms with Gasteiger partial charge in [-0.25, -0.2) is 4.79 Å². The average molecular weight is 283 g/mol. The van der Waals surface area contributed by atoms with Gasteiger partial charge in [0.2, 0.25) is 0 Å². The molecule has 0 aliphatic heterocycles. The van der Waals surface area contributed by atoms with Gasteiger partial charge in [0, 0.05) is 25.1 Å². The quantitative estimate of drug-likeness (QED) is 0.886. The Morgan fingerprint density at radius 2 is 1.90 bits per heavy atom. The van der Waals surface area contributed by atoms with E-state index in [1.807, 2.05) is 42.5 Å².